The van der Waals surface area contributed by atoms with Gasteiger partial charge in [-0.2, -0.15) is 26.2 Å². The number of fused-ring (bicyclic) bond motifs is 1. The Kier molecular flexibility index (Phi) is 10.2. The van der Waals surface area contributed by atoms with Crippen molar-refractivity contribution in [1.29, 1.82) is 0 Å². The number of aromatic nitrogens is 1. The van der Waals surface area contributed by atoms with Crippen molar-refractivity contribution in [2.45, 2.75) is 38.5 Å². The highest BCUT2D eigenvalue weighted by molar-refractivity contribution is 7.85. The van der Waals surface area contributed by atoms with Gasteiger partial charge < -0.3 is 10.0 Å². The number of carboxylic acid groups (broad SMARTS) is 1. The maximum atomic E-state index is 13.0. The Labute approximate surface area is 233 Å². The summed E-state index contributed by atoms with van der Waals surface area (Å²) in [6.45, 7) is 0.341. The monoisotopic (exact) mass is 603 g/mol. The fraction of sp³-hybridized carbons (Fsp3) is 0.308. The zero-order valence-electron chi connectivity index (χ0n) is 20.8. The van der Waals surface area contributed by atoms with Gasteiger partial charge in [-0.05, 0) is 43.2 Å². The second kappa shape index (κ2) is 12.9. The number of aryl methyl sites for hydroxylation is 1. The van der Waals surface area contributed by atoms with Crippen LogP contribution in [0.15, 0.2) is 54.6 Å². The average molecular weight is 604 g/mol. The third-order valence-electron chi connectivity index (χ3n) is 5.76. The molecule has 0 spiro atoms. The molecule has 210 valence electrons. The van der Waals surface area contributed by atoms with Gasteiger partial charge in [-0.25, -0.2) is 4.79 Å². The van der Waals surface area contributed by atoms with E-state index >= 15 is 0 Å². The summed E-state index contributed by atoms with van der Waals surface area (Å²) in [5, 5.41) is 10.7. The Balaban J connectivity index is 1.76. The molecule has 7 nitrogen and oxygen atoms in total. The van der Waals surface area contributed by atoms with Crippen LogP contribution in [0, 0.1) is 0 Å². The number of allylic oxidation sites excluding steroid dienone is 2. The van der Waals surface area contributed by atoms with Gasteiger partial charge >= 0.3 is 12.1 Å². The molecule has 0 aliphatic heterocycles. The van der Waals surface area contributed by atoms with Gasteiger partial charge in [0, 0.05) is 29.3 Å². The minimum Gasteiger partial charge on any atom is -0.480 e. The van der Waals surface area contributed by atoms with Crippen molar-refractivity contribution in [3.63, 3.8) is 0 Å². The zero-order chi connectivity index (χ0) is 28.8. The molecule has 0 saturated carbocycles. The molecule has 1 unspecified atom stereocenters. The number of alkyl halides is 3. The second-order valence-electron chi connectivity index (χ2n) is 8.76. The predicted octanol–water partition coefficient (Wildman–Crippen LogP) is 6.08. The molecule has 0 aliphatic rings. The number of carbonyl (C=O) groups is 1. The van der Waals surface area contributed by atoms with Crippen molar-refractivity contribution in [2.75, 3.05) is 17.2 Å². The molecule has 1 atom stereocenters. The maximum absolute atomic E-state index is 13.0. The number of thiazole rings is 1. The summed E-state index contributed by atoms with van der Waals surface area (Å²) in [6.07, 6.45) is 3.48. The Hall–Kier alpha value is -2.93. The number of carboxylic acids is 1. The van der Waals surface area contributed by atoms with Crippen LogP contribution in [0.3, 0.4) is 0 Å². The van der Waals surface area contributed by atoms with Crippen LogP contribution >= 0.6 is 22.9 Å². The van der Waals surface area contributed by atoms with E-state index in [9.17, 15) is 31.5 Å². The first-order valence-electron chi connectivity index (χ1n) is 11.8. The first kappa shape index (κ1) is 30.6. The maximum Gasteiger partial charge on any atom is 0.405 e. The molecule has 3 aromatic rings. The van der Waals surface area contributed by atoms with Gasteiger partial charge in [0.05, 0.1) is 5.75 Å². The summed E-state index contributed by atoms with van der Waals surface area (Å²) in [5.41, 5.74) is 1.76. The van der Waals surface area contributed by atoms with Crippen molar-refractivity contribution >= 4 is 67.1 Å². The summed E-state index contributed by atoms with van der Waals surface area (Å²) < 4.78 is 73.0. The van der Waals surface area contributed by atoms with Gasteiger partial charge in [0.2, 0.25) is 5.52 Å². The predicted molar refractivity (Wildman–Crippen MR) is 148 cm³/mol. The first-order chi connectivity index (χ1) is 18.2. The van der Waals surface area contributed by atoms with Crippen molar-refractivity contribution in [1.82, 2.24) is 0 Å². The third kappa shape index (κ3) is 9.34. The number of halogens is 4. The Morgan fingerprint density at radius 1 is 1.13 bits per heavy atom. The molecule has 0 aliphatic carbocycles. The van der Waals surface area contributed by atoms with Crippen LogP contribution in [0.25, 0.3) is 22.4 Å². The highest BCUT2D eigenvalue weighted by Crippen LogP contribution is 2.26. The van der Waals surface area contributed by atoms with Crippen LogP contribution in [-0.4, -0.2) is 48.6 Å². The molecule has 2 aromatic carbocycles. The van der Waals surface area contributed by atoms with E-state index in [0.29, 0.717) is 30.0 Å². The van der Waals surface area contributed by atoms with Gasteiger partial charge in [0.25, 0.3) is 15.1 Å². The topological polar surface area (TPSA) is 98.8 Å². The SMILES string of the molecule is CC(C(=O)O)N(CC(F)(F)F)c1ccc(/C=C/C=C/c2sc3ccc(Cl)cc3[n+]2CCCCS(=O)(=O)O)cc1. The molecular weight excluding hydrogens is 577 g/mol. The molecule has 0 radical (unpaired) electrons. The standard InChI is InChI=1S/C26H26ClF3N2O5S2/c1-18(25(33)34)32(17-26(28,29)30)21-11-8-19(9-12-21)6-2-3-7-24-31(14-4-5-15-39(35,36)37)22-16-20(27)10-13-23(22)38-24/h2-3,6-13,16,18H,4-5,14-15,17H2,1H3,(H-,33,34,35,36,37)/p+1. The molecule has 1 aromatic heterocycles. The molecular formula is C26H27ClF3N2O5S2+. The quantitative estimate of drug-likeness (QED) is 0.113. The Morgan fingerprint density at radius 2 is 1.79 bits per heavy atom. The van der Waals surface area contributed by atoms with E-state index in [2.05, 4.69) is 0 Å². The molecule has 1 heterocycles. The van der Waals surface area contributed by atoms with E-state index in [-0.39, 0.29) is 11.4 Å². The lowest BCUT2D eigenvalue weighted by Gasteiger charge is -2.29. The Bertz CT molecular complexity index is 1470. The van der Waals surface area contributed by atoms with Crippen molar-refractivity contribution in [2.24, 2.45) is 0 Å². The van der Waals surface area contributed by atoms with Crippen LogP contribution in [0.5, 0.6) is 0 Å². The smallest absolute Gasteiger partial charge is 0.405 e. The zero-order valence-corrected chi connectivity index (χ0v) is 23.2. The number of unbranched alkanes of at least 4 members (excludes halogenated alkanes) is 1. The number of anilines is 1. The molecule has 3 rings (SSSR count). The summed E-state index contributed by atoms with van der Waals surface area (Å²) in [7, 11) is -4.02. The third-order valence-corrected chi connectivity index (χ3v) is 7.93. The van der Waals surface area contributed by atoms with Gasteiger partial charge in [-0.15, -0.1) is 0 Å². The van der Waals surface area contributed by atoms with Gasteiger partial charge in [0.1, 0.15) is 17.3 Å². The normalized spacial score (nSPS) is 13.5. The lowest BCUT2D eigenvalue weighted by Crippen LogP contribution is -2.44. The van der Waals surface area contributed by atoms with Crippen LogP contribution < -0.4 is 9.47 Å². The van der Waals surface area contributed by atoms with E-state index in [1.165, 1.54) is 30.4 Å². The van der Waals surface area contributed by atoms with Gasteiger partial charge in [0.15, 0.2) is 6.54 Å². The summed E-state index contributed by atoms with van der Waals surface area (Å²) in [5.74, 6) is -1.67. The lowest BCUT2D eigenvalue weighted by atomic mass is 10.1. The van der Waals surface area contributed by atoms with E-state index in [4.69, 9.17) is 16.2 Å². The molecule has 0 bridgehead atoms. The molecule has 39 heavy (non-hydrogen) atoms. The molecule has 0 fully saturated rings. The summed E-state index contributed by atoms with van der Waals surface area (Å²) >= 11 is 7.70. The first-order valence-corrected chi connectivity index (χ1v) is 14.6. The Morgan fingerprint density at radius 3 is 2.41 bits per heavy atom. The number of rotatable bonds is 12. The van der Waals surface area contributed by atoms with E-state index in [1.807, 2.05) is 22.8 Å². The molecule has 0 saturated heterocycles. The molecule has 13 heteroatoms. The van der Waals surface area contributed by atoms with Gasteiger partial charge in [-0.1, -0.05) is 53.3 Å². The minimum atomic E-state index is -4.56. The van der Waals surface area contributed by atoms with E-state index in [0.717, 1.165) is 20.1 Å². The number of hydrogen-bond donors (Lipinski definition) is 2. The van der Waals surface area contributed by atoms with Crippen LogP contribution in [0.1, 0.15) is 30.3 Å². The van der Waals surface area contributed by atoms with Crippen LogP contribution in [0.2, 0.25) is 5.02 Å². The number of benzene rings is 2. The highest BCUT2D eigenvalue weighted by atomic mass is 35.5. The van der Waals surface area contributed by atoms with E-state index in [1.54, 1.807) is 36.4 Å². The number of nitrogens with zero attached hydrogens (tertiary/aromatic N) is 2. The summed E-state index contributed by atoms with van der Waals surface area (Å²) in [4.78, 5) is 12.1. The van der Waals surface area contributed by atoms with Crippen molar-refractivity contribution in [3.05, 3.63) is 70.2 Å². The van der Waals surface area contributed by atoms with Gasteiger partial charge in [-0.3, -0.25) is 4.55 Å². The highest BCUT2D eigenvalue weighted by Gasteiger charge is 2.35. The number of hydrogen-bond acceptors (Lipinski definition) is 5. The average Bonchev–Trinajstić information content (AvgIpc) is 3.18. The molecule has 0 amide bonds. The number of aliphatic carboxylic acids is 1. The van der Waals surface area contributed by atoms with Crippen molar-refractivity contribution in [3.8, 4) is 0 Å². The lowest BCUT2D eigenvalue weighted by molar-refractivity contribution is -0.669. The van der Waals surface area contributed by atoms with Crippen molar-refractivity contribution < 1.29 is 40.6 Å². The molecule has 2 N–H and O–H groups in total. The van der Waals surface area contributed by atoms with Crippen LogP contribution in [0.4, 0.5) is 18.9 Å². The minimum absolute atomic E-state index is 0.147. The fourth-order valence-electron chi connectivity index (χ4n) is 3.84. The summed E-state index contributed by atoms with van der Waals surface area (Å²) in [6, 6.07) is 10.3. The second-order valence-corrected chi connectivity index (χ2v) is 11.8. The van der Waals surface area contributed by atoms with E-state index < -0.39 is 34.9 Å². The fourth-order valence-corrected chi connectivity index (χ4v) is 5.66. The van der Waals surface area contributed by atoms with Crippen LogP contribution in [-0.2, 0) is 21.5 Å². The largest absolute Gasteiger partial charge is 0.480 e.